The van der Waals surface area contributed by atoms with Crippen LogP contribution in [0, 0.1) is 5.92 Å². The van der Waals surface area contributed by atoms with Crippen LogP contribution in [0.2, 0.25) is 0 Å². The summed E-state index contributed by atoms with van der Waals surface area (Å²) in [6.07, 6.45) is 7.88. The lowest BCUT2D eigenvalue weighted by Crippen LogP contribution is -2.41. The maximum Gasteiger partial charge on any atom is 0.171 e. The fourth-order valence-corrected chi connectivity index (χ4v) is 2.54. The monoisotopic (exact) mass is 182 g/mol. The van der Waals surface area contributed by atoms with Crippen LogP contribution >= 0.6 is 0 Å². The summed E-state index contributed by atoms with van der Waals surface area (Å²) in [5.74, 6) is 0.313. The van der Waals surface area contributed by atoms with Crippen molar-refractivity contribution in [2.45, 2.75) is 37.9 Å². The maximum absolute atomic E-state index is 5.78. The summed E-state index contributed by atoms with van der Waals surface area (Å²) in [7, 11) is 0. The second-order valence-corrected chi connectivity index (χ2v) is 3.98. The van der Waals surface area contributed by atoms with Gasteiger partial charge in [0.1, 0.15) is 0 Å². The molecule has 1 spiro atoms. The average Bonchev–Trinajstić information content (AvgIpc) is 2.59. The van der Waals surface area contributed by atoms with Crippen molar-refractivity contribution < 1.29 is 9.47 Å². The summed E-state index contributed by atoms with van der Waals surface area (Å²) >= 11 is 0. The van der Waals surface area contributed by atoms with Crippen molar-refractivity contribution >= 4 is 0 Å². The zero-order valence-electron chi connectivity index (χ0n) is 8.13. The van der Waals surface area contributed by atoms with E-state index in [1.807, 2.05) is 6.08 Å². The molecule has 0 aromatic carbocycles. The van der Waals surface area contributed by atoms with Gasteiger partial charge < -0.3 is 9.47 Å². The highest BCUT2D eigenvalue weighted by molar-refractivity contribution is 4.90. The molecule has 0 amide bonds. The van der Waals surface area contributed by atoms with Crippen LogP contribution in [0.25, 0.3) is 0 Å². The highest BCUT2D eigenvalue weighted by Crippen LogP contribution is 2.42. The van der Waals surface area contributed by atoms with Crippen LogP contribution in [0.15, 0.2) is 12.7 Å². The Bertz CT molecular complexity index is 183. The zero-order chi connectivity index (χ0) is 9.15. The molecular weight excluding hydrogens is 164 g/mol. The highest BCUT2D eigenvalue weighted by Gasteiger charge is 2.44. The molecule has 13 heavy (non-hydrogen) atoms. The molecule has 1 saturated heterocycles. The van der Waals surface area contributed by atoms with Gasteiger partial charge in [-0.05, 0) is 19.3 Å². The van der Waals surface area contributed by atoms with E-state index < -0.39 is 0 Å². The third kappa shape index (κ3) is 1.65. The van der Waals surface area contributed by atoms with E-state index in [4.69, 9.17) is 9.47 Å². The SMILES string of the molecule is C=CC[C@H]1CCCCC12OCCO2. The second kappa shape index (κ2) is 3.81. The Balaban J connectivity index is 2.06. The third-order valence-electron chi connectivity index (χ3n) is 3.18. The number of hydrogen-bond donors (Lipinski definition) is 0. The minimum Gasteiger partial charge on any atom is -0.347 e. The molecule has 2 fully saturated rings. The van der Waals surface area contributed by atoms with Crippen molar-refractivity contribution in [2.24, 2.45) is 5.92 Å². The Kier molecular flexibility index (Phi) is 2.70. The molecule has 0 unspecified atom stereocenters. The van der Waals surface area contributed by atoms with Gasteiger partial charge in [0.2, 0.25) is 0 Å². The topological polar surface area (TPSA) is 18.5 Å². The Morgan fingerprint density at radius 3 is 2.77 bits per heavy atom. The van der Waals surface area contributed by atoms with Crippen molar-refractivity contribution in [1.29, 1.82) is 0 Å². The van der Waals surface area contributed by atoms with E-state index in [2.05, 4.69) is 6.58 Å². The molecule has 2 nitrogen and oxygen atoms in total. The first kappa shape index (κ1) is 9.22. The van der Waals surface area contributed by atoms with E-state index in [1.54, 1.807) is 0 Å². The van der Waals surface area contributed by atoms with Crippen molar-refractivity contribution in [3.8, 4) is 0 Å². The lowest BCUT2D eigenvalue weighted by Gasteiger charge is -2.38. The largest absolute Gasteiger partial charge is 0.347 e. The van der Waals surface area contributed by atoms with Gasteiger partial charge in [-0.15, -0.1) is 6.58 Å². The first-order valence-electron chi connectivity index (χ1n) is 5.26. The van der Waals surface area contributed by atoms with Gasteiger partial charge in [0.05, 0.1) is 13.2 Å². The molecule has 0 bridgehead atoms. The molecule has 1 atom stereocenters. The van der Waals surface area contributed by atoms with Crippen LogP contribution in [0.1, 0.15) is 32.1 Å². The minimum atomic E-state index is -0.230. The summed E-state index contributed by atoms with van der Waals surface area (Å²) in [5, 5.41) is 0. The van der Waals surface area contributed by atoms with Gasteiger partial charge in [-0.25, -0.2) is 0 Å². The molecule has 1 aliphatic carbocycles. The molecule has 1 aliphatic heterocycles. The fraction of sp³-hybridized carbons (Fsp3) is 0.818. The van der Waals surface area contributed by atoms with Crippen molar-refractivity contribution in [3.63, 3.8) is 0 Å². The molecule has 2 aliphatic rings. The first-order valence-corrected chi connectivity index (χ1v) is 5.26. The van der Waals surface area contributed by atoms with Gasteiger partial charge in [0.25, 0.3) is 0 Å². The number of allylic oxidation sites excluding steroid dienone is 1. The van der Waals surface area contributed by atoms with Gasteiger partial charge in [-0.3, -0.25) is 0 Å². The third-order valence-corrected chi connectivity index (χ3v) is 3.18. The Labute approximate surface area is 79.9 Å². The second-order valence-electron chi connectivity index (χ2n) is 3.98. The van der Waals surface area contributed by atoms with Crippen LogP contribution < -0.4 is 0 Å². The molecular formula is C11H18O2. The van der Waals surface area contributed by atoms with Crippen LogP contribution in [0.3, 0.4) is 0 Å². The highest BCUT2D eigenvalue weighted by atomic mass is 16.7. The predicted molar refractivity (Wildman–Crippen MR) is 51.4 cm³/mol. The zero-order valence-corrected chi connectivity index (χ0v) is 8.13. The number of hydrogen-bond acceptors (Lipinski definition) is 2. The van der Waals surface area contributed by atoms with E-state index >= 15 is 0 Å². The van der Waals surface area contributed by atoms with E-state index in [9.17, 15) is 0 Å². The van der Waals surface area contributed by atoms with Crippen LogP contribution in [0.4, 0.5) is 0 Å². The lowest BCUT2D eigenvalue weighted by molar-refractivity contribution is -0.211. The van der Waals surface area contributed by atoms with Crippen molar-refractivity contribution in [1.82, 2.24) is 0 Å². The van der Waals surface area contributed by atoms with Crippen molar-refractivity contribution in [2.75, 3.05) is 13.2 Å². The summed E-state index contributed by atoms with van der Waals surface area (Å²) in [6, 6.07) is 0. The summed E-state index contributed by atoms with van der Waals surface area (Å²) in [4.78, 5) is 0. The molecule has 74 valence electrons. The number of rotatable bonds is 2. The molecule has 2 rings (SSSR count). The molecule has 2 heteroatoms. The van der Waals surface area contributed by atoms with E-state index in [1.165, 1.54) is 19.3 Å². The quantitative estimate of drug-likeness (QED) is 0.611. The van der Waals surface area contributed by atoms with Crippen LogP contribution in [-0.2, 0) is 9.47 Å². The van der Waals surface area contributed by atoms with Gasteiger partial charge in [0, 0.05) is 12.3 Å². The first-order chi connectivity index (χ1) is 6.37. The van der Waals surface area contributed by atoms with Gasteiger partial charge in [-0.1, -0.05) is 12.5 Å². The molecule has 1 saturated carbocycles. The molecule has 0 aromatic rings. The normalized spacial score (nSPS) is 32.2. The van der Waals surface area contributed by atoms with Crippen molar-refractivity contribution in [3.05, 3.63) is 12.7 Å². The molecule has 0 radical (unpaired) electrons. The lowest BCUT2D eigenvalue weighted by atomic mass is 9.81. The van der Waals surface area contributed by atoms with E-state index in [-0.39, 0.29) is 5.79 Å². The molecule has 1 heterocycles. The van der Waals surface area contributed by atoms with E-state index in [0.29, 0.717) is 5.92 Å². The summed E-state index contributed by atoms with van der Waals surface area (Å²) in [5.41, 5.74) is 0. The Morgan fingerprint density at radius 1 is 1.31 bits per heavy atom. The average molecular weight is 182 g/mol. The Morgan fingerprint density at radius 2 is 2.08 bits per heavy atom. The fourth-order valence-electron chi connectivity index (χ4n) is 2.54. The minimum absolute atomic E-state index is 0.230. The van der Waals surface area contributed by atoms with Gasteiger partial charge >= 0.3 is 0 Å². The van der Waals surface area contributed by atoms with Gasteiger partial charge in [-0.2, -0.15) is 0 Å². The van der Waals surface area contributed by atoms with Crippen LogP contribution in [0.5, 0.6) is 0 Å². The smallest absolute Gasteiger partial charge is 0.171 e. The molecule has 0 N–H and O–H groups in total. The Hall–Kier alpha value is -0.340. The van der Waals surface area contributed by atoms with E-state index in [0.717, 1.165) is 26.1 Å². The standard InChI is InChI=1S/C11H18O2/c1-2-5-10-6-3-4-7-11(10)12-8-9-13-11/h2,10H,1,3-9H2/t10-/m0/s1. The predicted octanol–water partition coefficient (Wildman–Crippen LogP) is 2.50. The maximum atomic E-state index is 5.78. The molecule has 0 aromatic heterocycles. The summed E-state index contributed by atoms with van der Waals surface area (Å²) < 4.78 is 11.6. The summed E-state index contributed by atoms with van der Waals surface area (Å²) in [6.45, 7) is 5.34. The number of ether oxygens (including phenoxy) is 2. The van der Waals surface area contributed by atoms with Crippen LogP contribution in [-0.4, -0.2) is 19.0 Å². The van der Waals surface area contributed by atoms with Gasteiger partial charge in [0.15, 0.2) is 5.79 Å².